The molecule has 26 heavy (non-hydrogen) atoms. The largest absolute Gasteiger partial charge is 0.504 e. The van der Waals surface area contributed by atoms with E-state index >= 15 is 0 Å². The number of aliphatic carboxylic acids is 1. The van der Waals surface area contributed by atoms with E-state index in [9.17, 15) is 19.8 Å². The minimum Gasteiger partial charge on any atom is -0.504 e. The molecule has 0 aromatic heterocycles. The second-order valence-corrected chi connectivity index (χ2v) is 5.77. The zero-order valence-corrected chi connectivity index (χ0v) is 14.6. The Morgan fingerprint density at radius 3 is 2.42 bits per heavy atom. The number of amides is 1. The Kier molecular flexibility index (Phi) is 6.43. The van der Waals surface area contributed by atoms with Gasteiger partial charge < -0.3 is 25.0 Å². The summed E-state index contributed by atoms with van der Waals surface area (Å²) < 4.78 is 10.1. The van der Waals surface area contributed by atoms with E-state index in [2.05, 4.69) is 5.32 Å². The van der Waals surface area contributed by atoms with E-state index in [-0.39, 0.29) is 18.8 Å². The normalized spacial score (nSPS) is 11.5. The zero-order chi connectivity index (χ0) is 19.1. The van der Waals surface area contributed by atoms with Crippen LogP contribution in [0.2, 0.25) is 0 Å². The maximum atomic E-state index is 11.9. The van der Waals surface area contributed by atoms with Gasteiger partial charge in [0.1, 0.15) is 12.6 Å². The van der Waals surface area contributed by atoms with E-state index in [4.69, 9.17) is 9.47 Å². The number of carboxylic acids is 1. The second kappa shape index (κ2) is 8.75. The summed E-state index contributed by atoms with van der Waals surface area (Å²) in [6, 6.07) is 11.0. The van der Waals surface area contributed by atoms with Crippen molar-refractivity contribution in [3.05, 3.63) is 59.2 Å². The number of carbonyl (C=O) groups is 2. The van der Waals surface area contributed by atoms with Crippen molar-refractivity contribution in [1.82, 2.24) is 5.32 Å². The molecule has 0 saturated heterocycles. The molecule has 0 aliphatic rings. The van der Waals surface area contributed by atoms with Crippen molar-refractivity contribution in [2.45, 2.75) is 26.0 Å². The Hall–Kier alpha value is -3.22. The molecule has 0 saturated carbocycles. The fourth-order valence-electron chi connectivity index (χ4n) is 2.55. The number of carboxylic acid groups (broad SMARTS) is 1. The Bertz CT molecular complexity index is 752. The van der Waals surface area contributed by atoms with Crippen LogP contribution in [0.1, 0.15) is 16.7 Å². The van der Waals surface area contributed by atoms with Crippen molar-refractivity contribution in [3.8, 4) is 11.5 Å². The summed E-state index contributed by atoms with van der Waals surface area (Å²) in [6.45, 7) is 1.78. The lowest BCUT2D eigenvalue weighted by Crippen LogP contribution is -2.42. The molecule has 3 N–H and O–H groups in total. The number of aromatic hydroxyl groups is 1. The Morgan fingerprint density at radius 1 is 1.15 bits per heavy atom. The molecule has 0 aliphatic heterocycles. The molecule has 2 aromatic rings. The molecule has 0 heterocycles. The number of rotatable bonds is 7. The first-order chi connectivity index (χ1) is 12.4. The first kappa shape index (κ1) is 19.1. The third-order valence-corrected chi connectivity index (χ3v) is 3.76. The number of phenolic OH excluding ortho intramolecular Hbond substituents is 1. The minimum atomic E-state index is -1.20. The predicted octanol–water partition coefficient (Wildman–Crippen LogP) is 2.63. The monoisotopic (exact) mass is 359 g/mol. The lowest BCUT2D eigenvalue weighted by molar-refractivity contribution is -0.139. The summed E-state index contributed by atoms with van der Waals surface area (Å²) in [5, 5.41) is 21.6. The number of aryl methyl sites for hydroxylation is 1. The molecule has 1 atom stereocenters. The number of nitrogens with one attached hydrogen (secondary N) is 1. The third kappa shape index (κ3) is 5.14. The fraction of sp³-hybridized carbons (Fsp3) is 0.263. The number of ether oxygens (including phenoxy) is 2. The lowest BCUT2D eigenvalue weighted by Gasteiger charge is -2.16. The van der Waals surface area contributed by atoms with Crippen molar-refractivity contribution >= 4 is 12.1 Å². The average molecular weight is 359 g/mol. The van der Waals surface area contributed by atoms with Crippen molar-refractivity contribution in [1.29, 1.82) is 0 Å². The van der Waals surface area contributed by atoms with Crippen molar-refractivity contribution in [2.75, 3.05) is 7.11 Å². The van der Waals surface area contributed by atoms with Gasteiger partial charge in [-0.25, -0.2) is 9.59 Å². The predicted molar refractivity (Wildman–Crippen MR) is 94.3 cm³/mol. The van der Waals surface area contributed by atoms with Crippen molar-refractivity contribution in [3.63, 3.8) is 0 Å². The van der Waals surface area contributed by atoms with Gasteiger partial charge in [0, 0.05) is 6.42 Å². The molecule has 2 aromatic carbocycles. The van der Waals surface area contributed by atoms with E-state index in [0.717, 1.165) is 5.56 Å². The highest BCUT2D eigenvalue weighted by Gasteiger charge is 2.22. The van der Waals surface area contributed by atoms with Gasteiger partial charge in [-0.05, 0) is 29.7 Å². The van der Waals surface area contributed by atoms with Gasteiger partial charge in [0.25, 0.3) is 0 Å². The molecular weight excluding hydrogens is 338 g/mol. The van der Waals surface area contributed by atoms with Crippen LogP contribution >= 0.6 is 0 Å². The van der Waals surface area contributed by atoms with Crippen LogP contribution < -0.4 is 10.1 Å². The van der Waals surface area contributed by atoms with Gasteiger partial charge in [0.05, 0.1) is 7.11 Å². The number of methoxy groups -OCH3 is 1. The van der Waals surface area contributed by atoms with Gasteiger partial charge >= 0.3 is 12.1 Å². The molecule has 0 spiro atoms. The van der Waals surface area contributed by atoms with Crippen LogP contribution in [0.3, 0.4) is 0 Å². The van der Waals surface area contributed by atoms with Gasteiger partial charge in [0.15, 0.2) is 11.5 Å². The number of hydrogen-bond acceptors (Lipinski definition) is 5. The zero-order valence-electron chi connectivity index (χ0n) is 14.6. The molecule has 7 heteroatoms. The van der Waals surface area contributed by atoms with Crippen molar-refractivity contribution in [2.24, 2.45) is 0 Å². The van der Waals surface area contributed by atoms with E-state index in [1.54, 1.807) is 25.1 Å². The summed E-state index contributed by atoms with van der Waals surface area (Å²) in [5.41, 5.74) is 2.01. The summed E-state index contributed by atoms with van der Waals surface area (Å²) in [7, 11) is 1.44. The number of phenols is 1. The van der Waals surface area contributed by atoms with Crippen LogP contribution in [0.25, 0.3) is 0 Å². The molecule has 7 nitrogen and oxygen atoms in total. The van der Waals surface area contributed by atoms with Crippen LogP contribution in [-0.4, -0.2) is 35.4 Å². The van der Waals surface area contributed by atoms with Crippen LogP contribution in [0, 0.1) is 6.92 Å². The number of hydrogen-bond donors (Lipinski definition) is 3. The maximum absolute atomic E-state index is 11.9. The molecule has 0 radical (unpaired) electrons. The van der Waals surface area contributed by atoms with Gasteiger partial charge in [-0.15, -0.1) is 0 Å². The number of alkyl carbamates (subject to hydrolysis) is 1. The smallest absolute Gasteiger partial charge is 0.408 e. The minimum absolute atomic E-state index is 0.00579. The average Bonchev–Trinajstić information content (AvgIpc) is 2.60. The Balaban J connectivity index is 2.00. The van der Waals surface area contributed by atoms with Crippen LogP contribution in [0.15, 0.2) is 42.5 Å². The third-order valence-electron chi connectivity index (χ3n) is 3.76. The quantitative estimate of drug-likeness (QED) is 0.702. The molecule has 0 bridgehead atoms. The van der Waals surface area contributed by atoms with Gasteiger partial charge in [-0.3, -0.25) is 0 Å². The first-order valence-electron chi connectivity index (χ1n) is 7.97. The fourth-order valence-corrected chi connectivity index (χ4v) is 2.55. The van der Waals surface area contributed by atoms with E-state index < -0.39 is 18.1 Å². The van der Waals surface area contributed by atoms with Crippen molar-refractivity contribution < 1.29 is 29.3 Å². The van der Waals surface area contributed by atoms with Crippen LogP contribution in [0.5, 0.6) is 11.5 Å². The summed E-state index contributed by atoms with van der Waals surface area (Å²) in [5.74, 6) is -0.955. The van der Waals surface area contributed by atoms with Gasteiger partial charge in [-0.2, -0.15) is 0 Å². The maximum Gasteiger partial charge on any atom is 0.408 e. The molecule has 1 amide bonds. The molecule has 0 aliphatic carbocycles. The van der Waals surface area contributed by atoms with Gasteiger partial charge in [0.2, 0.25) is 0 Å². The molecule has 2 rings (SSSR count). The highest BCUT2D eigenvalue weighted by Crippen LogP contribution is 2.31. The molecular formula is C19H21NO6. The summed E-state index contributed by atoms with van der Waals surface area (Å²) in [4.78, 5) is 23.3. The number of benzene rings is 2. The molecule has 138 valence electrons. The van der Waals surface area contributed by atoms with E-state index in [1.807, 2.05) is 18.2 Å². The Labute approximate surface area is 151 Å². The van der Waals surface area contributed by atoms with Crippen LogP contribution in [-0.2, 0) is 22.6 Å². The lowest BCUT2D eigenvalue weighted by atomic mass is 10.0. The molecule has 0 unspecified atom stereocenters. The summed E-state index contributed by atoms with van der Waals surface area (Å²) >= 11 is 0. The summed E-state index contributed by atoms with van der Waals surface area (Å²) in [6.07, 6.45) is -0.829. The number of carbonyl (C=O) groups excluding carboxylic acids is 1. The van der Waals surface area contributed by atoms with Crippen LogP contribution in [0.4, 0.5) is 4.79 Å². The van der Waals surface area contributed by atoms with Gasteiger partial charge in [-0.1, -0.05) is 36.4 Å². The SMILES string of the molecule is COc1c(C)cc(C[C@H](NC(=O)OCc2ccccc2)C(=O)O)cc1O. The van der Waals surface area contributed by atoms with E-state index in [0.29, 0.717) is 16.9 Å². The Morgan fingerprint density at radius 2 is 1.85 bits per heavy atom. The highest BCUT2D eigenvalue weighted by atomic mass is 16.5. The molecule has 0 fully saturated rings. The first-order valence-corrected chi connectivity index (χ1v) is 7.97. The van der Waals surface area contributed by atoms with E-state index in [1.165, 1.54) is 13.2 Å². The topological polar surface area (TPSA) is 105 Å². The highest BCUT2D eigenvalue weighted by molar-refractivity contribution is 5.80. The standard InChI is InChI=1S/C19H21NO6/c1-12-8-14(10-16(21)17(12)25-2)9-15(18(22)23)20-19(24)26-11-13-6-4-3-5-7-13/h3-8,10,15,21H,9,11H2,1-2H3,(H,20,24)(H,22,23)/t15-/m0/s1. The second-order valence-electron chi connectivity index (χ2n) is 5.77.